The second-order valence-corrected chi connectivity index (χ2v) is 4.38. The Labute approximate surface area is 112 Å². The Morgan fingerprint density at radius 1 is 0.947 bits per heavy atom. The summed E-state index contributed by atoms with van der Waals surface area (Å²) in [6, 6.07) is 6.82. The summed E-state index contributed by atoms with van der Waals surface area (Å²) in [6.07, 6.45) is -0.0644. The van der Waals surface area contributed by atoms with Crippen LogP contribution in [0.1, 0.15) is 15.9 Å². The number of ketones is 1. The summed E-state index contributed by atoms with van der Waals surface area (Å²) in [6.45, 7) is 0. The van der Waals surface area contributed by atoms with Crippen molar-refractivity contribution in [1.82, 2.24) is 0 Å². The molecule has 0 radical (unpaired) electrons. The van der Waals surface area contributed by atoms with Gasteiger partial charge in [0.2, 0.25) is 0 Å². The molecule has 2 aromatic rings. The van der Waals surface area contributed by atoms with Crippen LogP contribution < -0.4 is 0 Å². The van der Waals surface area contributed by atoms with Gasteiger partial charge in [0.25, 0.3) is 0 Å². The molecule has 0 atom stereocenters. The number of rotatable bonds is 3. The van der Waals surface area contributed by atoms with Crippen LogP contribution in [0.4, 0.5) is 13.2 Å². The molecule has 5 heteroatoms. The van der Waals surface area contributed by atoms with Gasteiger partial charge in [-0.15, -0.1) is 0 Å². The van der Waals surface area contributed by atoms with Crippen LogP contribution in [0.25, 0.3) is 0 Å². The second kappa shape index (κ2) is 5.45. The van der Waals surface area contributed by atoms with E-state index < -0.39 is 23.2 Å². The molecular formula is C14H8ClF3O. The van der Waals surface area contributed by atoms with Gasteiger partial charge in [-0.05, 0) is 35.9 Å². The molecule has 0 aromatic heterocycles. The van der Waals surface area contributed by atoms with E-state index in [-0.39, 0.29) is 17.0 Å². The van der Waals surface area contributed by atoms with E-state index in [1.54, 1.807) is 0 Å². The van der Waals surface area contributed by atoms with Crippen molar-refractivity contribution in [3.8, 4) is 0 Å². The van der Waals surface area contributed by atoms with Crippen molar-refractivity contribution in [1.29, 1.82) is 0 Å². The minimum atomic E-state index is -1.08. The first kappa shape index (κ1) is 13.6. The fraction of sp³-hybridized carbons (Fsp3) is 0.0714. The van der Waals surface area contributed by atoms with Crippen LogP contribution in [0.5, 0.6) is 0 Å². The number of carbonyl (C=O) groups is 1. The van der Waals surface area contributed by atoms with E-state index in [0.29, 0.717) is 5.56 Å². The normalized spacial score (nSPS) is 10.5. The van der Waals surface area contributed by atoms with E-state index >= 15 is 0 Å². The zero-order chi connectivity index (χ0) is 14.0. The predicted octanol–water partition coefficient (Wildman–Crippen LogP) is 4.18. The number of halogens is 4. The van der Waals surface area contributed by atoms with Crippen LogP contribution in [0, 0.1) is 17.5 Å². The van der Waals surface area contributed by atoms with Crippen molar-refractivity contribution >= 4 is 17.4 Å². The Hall–Kier alpha value is -1.81. The molecule has 19 heavy (non-hydrogen) atoms. The lowest BCUT2D eigenvalue weighted by molar-refractivity contribution is 0.0992. The molecule has 0 saturated carbocycles. The van der Waals surface area contributed by atoms with Gasteiger partial charge in [-0.3, -0.25) is 4.79 Å². The Bertz CT molecular complexity index is 641. The van der Waals surface area contributed by atoms with E-state index in [4.69, 9.17) is 11.6 Å². The van der Waals surface area contributed by atoms with Gasteiger partial charge in [-0.2, -0.15) is 0 Å². The molecular weight excluding hydrogens is 277 g/mol. The topological polar surface area (TPSA) is 17.1 Å². The molecule has 98 valence electrons. The predicted molar refractivity (Wildman–Crippen MR) is 65.8 cm³/mol. The lowest BCUT2D eigenvalue weighted by Crippen LogP contribution is -2.04. The van der Waals surface area contributed by atoms with Crippen molar-refractivity contribution in [2.45, 2.75) is 6.42 Å². The van der Waals surface area contributed by atoms with E-state index in [1.165, 1.54) is 18.2 Å². The Morgan fingerprint density at radius 2 is 1.63 bits per heavy atom. The van der Waals surface area contributed by atoms with Gasteiger partial charge in [0.1, 0.15) is 5.82 Å². The number of Topliss-reactive ketones (excluding diaryl/α,β-unsaturated/α-hetero) is 1. The SMILES string of the molecule is O=C(Cc1ccc(F)c(Cl)c1)c1ccc(F)c(F)c1. The van der Waals surface area contributed by atoms with E-state index in [9.17, 15) is 18.0 Å². The highest BCUT2D eigenvalue weighted by Crippen LogP contribution is 2.18. The van der Waals surface area contributed by atoms with Crippen LogP contribution >= 0.6 is 11.6 Å². The lowest BCUT2D eigenvalue weighted by Gasteiger charge is -2.03. The summed E-state index contributed by atoms with van der Waals surface area (Å²) in [5.41, 5.74) is 0.556. The largest absolute Gasteiger partial charge is 0.294 e. The fourth-order valence-corrected chi connectivity index (χ4v) is 1.81. The van der Waals surface area contributed by atoms with Gasteiger partial charge in [0.15, 0.2) is 17.4 Å². The van der Waals surface area contributed by atoms with Crippen LogP contribution in [0.15, 0.2) is 36.4 Å². The summed E-state index contributed by atoms with van der Waals surface area (Å²) in [5.74, 6) is -3.07. The minimum Gasteiger partial charge on any atom is -0.294 e. The molecule has 0 aliphatic rings. The van der Waals surface area contributed by atoms with Crippen molar-refractivity contribution in [3.63, 3.8) is 0 Å². The highest BCUT2D eigenvalue weighted by Gasteiger charge is 2.11. The molecule has 2 aromatic carbocycles. The molecule has 0 N–H and O–H groups in total. The molecule has 2 rings (SSSR count). The van der Waals surface area contributed by atoms with E-state index in [2.05, 4.69) is 0 Å². The van der Waals surface area contributed by atoms with Crippen LogP contribution in [-0.4, -0.2) is 5.78 Å². The number of hydrogen-bond acceptors (Lipinski definition) is 1. The molecule has 0 unspecified atom stereocenters. The number of hydrogen-bond donors (Lipinski definition) is 0. The molecule has 0 heterocycles. The van der Waals surface area contributed by atoms with E-state index in [1.807, 2.05) is 0 Å². The highest BCUT2D eigenvalue weighted by atomic mass is 35.5. The van der Waals surface area contributed by atoms with Crippen molar-refractivity contribution in [2.24, 2.45) is 0 Å². The molecule has 0 amide bonds. The Balaban J connectivity index is 2.20. The molecule has 0 bridgehead atoms. The first-order valence-corrected chi connectivity index (χ1v) is 5.77. The summed E-state index contributed by atoms with van der Waals surface area (Å²) in [5, 5.41) is -0.0874. The summed E-state index contributed by atoms with van der Waals surface area (Å²) in [4.78, 5) is 11.8. The highest BCUT2D eigenvalue weighted by molar-refractivity contribution is 6.30. The molecule has 0 fully saturated rings. The van der Waals surface area contributed by atoms with Gasteiger partial charge in [-0.25, -0.2) is 13.2 Å². The Kier molecular flexibility index (Phi) is 3.90. The molecule has 0 aliphatic heterocycles. The fourth-order valence-electron chi connectivity index (χ4n) is 1.61. The van der Waals surface area contributed by atoms with Crippen LogP contribution in [0.3, 0.4) is 0 Å². The maximum atomic E-state index is 13.0. The minimum absolute atomic E-state index is 0.0550. The summed E-state index contributed by atoms with van der Waals surface area (Å²) >= 11 is 5.59. The zero-order valence-corrected chi connectivity index (χ0v) is 10.3. The van der Waals surface area contributed by atoms with Crippen LogP contribution in [0.2, 0.25) is 5.02 Å². The molecule has 1 nitrogen and oxygen atoms in total. The molecule has 0 saturated heterocycles. The van der Waals surface area contributed by atoms with Gasteiger partial charge in [0.05, 0.1) is 5.02 Å². The average Bonchev–Trinajstić information content (AvgIpc) is 2.37. The van der Waals surface area contributed by atoms with Gasteiger partial charge in [-0.1, -0.05) is 17.7 Å². The third-order valence-corrected chi connectivity index (χ3v) is 2.88. The smallest absolute Gasteiger partial charge is 0.167 e. The first-order valence-electron chi connectivity index (χ1n) is 5.39. The maximum absolute atomic E-state index is 13.0. The summed E-state index contributed by atoms with van der Waals surface area (Å²) in [7, 11) is 0. The van der Waals surface area contributed by atoms with Crippen molar-refractivity contribution in [3.05, 3.63) is 70.0 Å². The zero-order valence-electron chi connectivity index (χ0n) is 9.59. The second-order valence-electron chi connectivity index (χ2n) is 3.98. The third kappa shape index (κ3) is 3.15. The summed E-state index contributed by atoms with van der Waals surface area (Å²) < 4.78 is 38.7. The standard InChI is InChI=1S/C14H8ClF3O/c15-10-5-8(1-3-11(10)16)6-14(19)9-2-4-12(17)13(18)7-9/h1-5,7H,6H2. The van der Waals surface area contributed by atoms with Crippen molar-refractivity contribution in [2.75, 3.05) is 0 Å². The lowest BCUT2D eigenvalue weighted by atomic mass is 10.0. The van der Waals surface area contributed by atoms with Gasteiger partial charge in [0, 0.05) is 12.0 Å². The van der Waals surface area contributed by atoms with Gasteiger partial charge >= 0.3 is 0 Å². The quantitative estimate of drug-likeness (QED) is 0.773. The molecule has 0 spiro atoms. The van der Waals surface area contributed by atoms with E-state index in [0.717, 1.165) is 18.2 Å². The number of carbonyl (C=O) groups excluding carboxylic acids is 1. The Morgan fingerprint density at radius 3 is 2.26 bits per heavy atom. The average molecular weight is 285 g/mol. The third-order valence-electron chi connectivity index (χ3n) is 2.59. The maximum Gasteiger partial charge on any atom is 0.167 e. The number of benzene rings is 2. The van der Waals surface area contributed by atoms with Gasteiger partial charge < -0.3 is 0 Å². The molecule has 0 aliphatic carbocycles. The monoisotopic (exact) mass is 284 g/mol. The first-order chi connectivity index (χ1) is 8.97. The van der Waals surface area contributed by atoms with Crippen molar-refractivity contribution < 1.29 is 18.0 Å². The van der Waals surface area contributed by atoms with Crippen LogP contribution in [-0.2, 0) is 6.42 Å².